The number of halogens is 1. The highest BCUT2D eigenvalue weighted by molar-refractivity contribution is 6.30. The first-order chi connectivity index (χ1) is 16.9. The number of ether oxygens (including phenoxy) is 1. The summed E-state index contributed by atoms with van der Waals surface area (Å²) < 4.78 is 5.28. The van der Waals surface area contributed by atoms with Crippen LogP contribution in [0.4, 0.5) is 10.6 Å². The Kier molecular flexibility index (Phi) is 10.5. The van der Waals surface area contributed by atoms with Crippen LogP contribution < -0.4 is 22.5 Å². The number of carbonyl (C=O) groups excluding carboxylic acids is 3. The van der Waals surface area contributed by atoms with E-state index in [1.807, 2.05) is 6.07 Å². The van der Waals surface area contributed by atoms with Crippen molar-refractivity contribution in [3.63, 3.8) is 0 Å². The maximum absolute atomic E-state index is 13.1. The second-order valence-electron chi connectivity index (χ2n) is 9.42. The van der Waals surface area contributed by atoms with Gasteiger partial charge in [0.05, 0.1) is 0 Å². The van der Waals surface area contributed by atoms with Crippen molar-refractivity contribution in [2.24, 2.45) is 11.5 Å². The largest absolute Gasteiger partial charge is 0.444 e. The molecule has 1 aromatic heterocycles. The smallest absolute Gasteiger partial charge is 0.408 e. The quantitative estimate of drug-likeness (QED) is 0.455. The number of hydrogen-bond acceptors (Lipinski definition) is 7. The molecular weight excluding hydrogens is 484 g/mol. The number of benzene rings is 1. The van der Waals surface area contributed by atoms with Crippen molar-refractivity contribution >= 4 is 35.3 Å². The van der Waals surface area contributed by atoms with E-state index in [9.17, 15) is 14.4 Å². The van der Waals surface area contributed by atoms with E-state index in [4.69, 9.17) is 33.5 Å². The highest BCUT2D eigenvalue weighted by Crippen LogP contribution is 2.20. The Morgan fingerprint density at radius 1 is 1.17 bits per heavy atom. The summed E-state index contributed by atoms with van der Waals surface area (Å²) in [6, 6.07) is 9.09. The minimum absolute atomic E-state index is 0.247. The number of hydrogen-bond donors (Lipinski definition) is 4. The van der Waals surface area contributed by atoms with Gasteiger partial charge in [0.1, 0.15) is 23.5 Å². The SMILES string of the molecule is CC(C)(C)OC(=O)N[C@@H](Cc1ccc(Cl)cc1)C(=O)N1CCC[C@H]1C(N)=O.NCc1ccc(N)nc1. The number of carbonyl (C=O) groups is 3. The molecule has 0 saturated carbocycles. The van der Waals surface area contributed by atoms with Crippen molar-refractivity contribution in [2.75, 3.05) is 12.3 Å². The van der Waals surface area contributed by atoms with E-state index >= 15 is 0 Å². The number of rotatable bonds is 6. The number of alkyl carbamates (subject to hydrolysis) is 1. The van der Waals surface area contributed by atoms with Gasteiger partial charge in [-0.1, -0.05) is 29.8 Å². The van der Waals surface area contributed by atoms with Crippen LogP contribution in [0.25, 0.3) is 0 Å². The lowest BCUT2D eigenvalue weighted by Gasteiger charge is -2.29. The van der Waals surface area contributed by atoms with Crippen LogP contribution in [0, 0.1) is 0 Å². The summed E-state index contributed by atoms with van der Waals surface area (Å²) in [6.07, 6.45) is 2.46. The molecule has 1 aliphatic heterocycles. The average molecular weight is 519 g/mol. The highest BCUT2D eigenvalue weighted by atomic mass is 35.5. The minimum Gasteiger partial charge on any atom is -0.444 e. The van der Waals surface area contributed by atoms with E-state index in [0.717, 1.165) is 11.1 Å². The zero-order valence-corrected chi connectivity index (χ0v) is 21.6. The highest BCUT2D eigenvalue weighted by Gasteiger charge is 2.37. The Morgan fingerprint density at radius 2 is 1.81 bits per heavy atom. The van der Waals surface area contributed by atoms with Gasteiger partial charge in [-0.05, 0) is 62.9 Å². The Balaban J connectivity index is 0.000000425. The van der Waals surface area contributed by atoms with Crippen LogP contribution in [0.3, 0.4) is 0 Å². The van der Waals surface area contributed by atoms with E-state index in [1.54, 1.807) is 57.3 Å². The lowest BCUT2D eigenvalue weighted by Crippen LogP contribution is -2.54. The number of likely N-dealkylation sites (tertiary alicyclic amines) is 1. The van der Waals surface area contributed by atoms with Gasteiger partial charge in [0.2, 0.25) is 11.8 Å². The fourth-order valence-corrected chi connectivity index (χ4v) is 3.72. The standard InChI is InChI=1S/C19H26ClN3O4.C6H9N3/c1-19(2,3)27-18(26)22-14(11-12-6-8-13(20)9-7-12)17(25)23-10-4-5-15(23)16(21)24;7-3-5-1-2-6(8)9-4-5/h6-9,14-15H,4-5,10-11H2,1-3H3,(H2,21,24)(H,22,26);1-2,4H,3,7H2,(H2,8,9)/t14-,15-;/m0./s1. The van der Waals surface area contributed by atoms with Gasteiger partial charge in [-0.3, -0.25) is 9.59 Å². The molecule has 0 spiro atoms. The van der Waals surface area contributed by atoms with Gasteiger partial charge >= 0.3 is 6.09 Å². The van der Waals surface area contributed by atoms with Gasteiger partial charge in [0, 0.05) is 30.7 Å². The summed E-state index contributed by atoms with van der Waals surface area (Å²) in [5.41, 5.74) is 17.2. The van der Waals surface area contributed by atoms with Crippen LogP contribution in [0.15, 0.2) is 42.6 Å². The summed E-state index contributed by atoms with van der Waals surface area (Å²) in [6.45, 7) is 6.18. The molecular formula is C25H35ClN6O4. The molecule has 3 amide bonds. The molecule has 3 rings (SSSR count). The van der Waals surface area contributed by atoms with Gasteiger partial charge < -0.3 is 32.2 Å². The van der Waals surface area contributed by atoms with Gasteiger partial charge in [-0.25, -0.2) is 9.78 Å². The molecule has 11 heteroatoms. The molecule has 196 valence electrons. The number of nitrogen functional groups attached to an aromatic ring is 1. The van der Waals surface area contributed by atoms with E-state index in [0.29, 0.717) is 36.8 Å². The summed E-state index contributed by atoms with van der Waals surface area (Å²) in [7, 11) is 0. The van der Waals surface area contributed by atoms with E-state index in [1.165, 1.54) is 4.90 Å². The molecule has 36 heavy (non-hydrogen) atoms. The van der Waals surface area contributed by atoms with Gasteiger partial charge in [-0.2, -0.15) is 0 Å². The van der Waals surface area contributed by atoms with Crippen LogP contribution in [0.2, 0.25) is 5.02 Å². The van der Waals surface area contributed by atoms with Gasteiger partial charge in [0.15, 0.2) is 0 Å². The molecule has 10 nitrogen and oxygen atoms in total. The number of primary amides is 1. The Bertz CT molecular complexity index is 1020. The summed E-state index contributed by atoms with van der Waals surface area (Å²) in [5, 5.41) is 3.21. The van der Waals surface area contributed by atoms with E-state index in [-0.39, 0.29) is 12.3 Å². The lowest BCUT2D eigenvalue weighted by atomic mass is 10.0. The van der Waals surface area contributed by atoms with Crippen LogP contribution in [-0.2, 0) is 27.3 Å². The molecule has 2 heterocycles. The lowest BCUT2D eigenvalue weighted by molar-refractivity contribution is -0.139. The third kappa shape index (κ3) is 9.35. The van der Waals surface area contributed by atoms with Crippen LogP contribution in [0.5, 0.6) is 0 Å². The number of amides is 3. The predicted molar refractivity (Wildman–Crippen MR) is 139 cm³/mol. The van der Waals surface area contributed by atoms with E-state index < -0.39 is 29.7 Å². The number of nitrogens with one attached hydrogen (secondary N) is 1. The van der Waals surface area contributed by atoms with Crippen molar-refractivity contribution in [2.45, 2.75) is 64.3 Å². The maximum atomic E-state index is 13.1. The molecule has 1 aliphatic rings. The number of pyridine rings is 1. The third-order valence-corrected chi connectivity index (χ3v) is 5.54. The van der Waals surface area contributed by atoms with Crippen molar-refractivity contribution in [1.29, 1.82) is 0 Å². The number of anilines is 1. The molecule has 1 aromatic carbocycles. The molecule has 0 unspecified atom stereocenters. The maximum Gasteiger partial charge on any atom is 0.408 e. The van der Waals surface area contributed by atoms with Gasteiger partial charge in [-0.15, -0.1) is 0 Å². The molecule has 2 atom stereocenters. The van der Waals surface area contributed by atoms with Gasteiger partial charge in [0.25, 0.3) is 0 Å². The first kappa shape index (κ1) is 28.9. The first-order valence-corrected chi connectivity index (χ1v) is 12.0. The molecule has 0 aliphatic carbocycles. The molecule has 1 fully saturated rings. The third-order valence-electron chi connectivity index (χ3n) is 5.29. The summed E-state index contributed by atoms with van der Waals surface area (Å²) in [4.78, 5) is 42.2. The minimum atomic E-state index is -0.874. The van der Waals surface area contributed by atoms with Crippen molar-refractivity contribution in [3.8, 4) is 0 Å². The fraction of sp³-hybridized carbons (Fsp3) is 0.440. The van der Waals surface area contributed by atoms with Crippen LogP contribution in [0.1, 0.15) is 44.7 Å². The zero-order valence-electron chi connectivity index (χ0n) is 20.9. The fourth-order valence-electron chi connectivity index (χ4n) is 3.59. The molecule has 2 aromatic rings. The van der Waals surface area contributed by atoms with Crippen molar-refractivity contribution in [3.05, 3.63) is 58.7 Å². The zero-order chi connectivity index (χ0) is 26.9. The monoisotopic (exact) mass is 518 g/mol. The van der Waals surface area contributed by atoms with Crippen molar-refractivity contribution < 1.29 is 19.1 Å². The normalized spacial score (nSPS) is 15.9. The number of nitrogens with two attached hydrogens (primary N) is 3. The predicted octanol–water partition coefficient (Wildman–Crippen LogP) is 2.37. The Morgan fingerprint density at radius 3 is 2.33 bits per heavy atom. The molecule has 0 radical (unpaired) electrons. The van der Waals surface area contributed by atoms with Crippen LogP contribution >= 0.6 is 11.6 Å². The Hall–Kier alpha value is -3.37. The molecule has 0 bridgehead atoms. The average Bonchev–Trinajstić information content (AvgIpc) is 3.30. The topological polar surface area (TPSA) is 167 Å². The summed E-state index contributed by atoms with van der Waals surface area (Å²) >= 11 is 5.91. The second-order valence-corrected chi connectivity index (χ2v) is 9.85. The first-order valence-electron chi connectivity index (χ1n) is 11.6. The second kappa shape index (κ2) is 13.1. The van der Waals surface area contributed by atoms with E-state index in [2.05, 4.69) is 10.3 Å². The molecule has 1 saturated heterocycles. The molecule has 7 N–H and O–H groups in total. The number of aromatic nitrogens is 1. The summed E-state index contributed by atoms with van der Waals surface area (Å²) in [5.74, 6) is -0.354. The van der Waals surface area contributed by atoms with Crippen molar-refractivity contribution in [1.82, 2.24) is 15.2 Å². The Labute approximate surface area is 216 Å². The number of nitrogens with zero attached hydrogens (tertiary/aromatic N) is 2. The van der Waals surface area contributed by atoms with Crippen LogP contribution in [-0.4, -0.2) is 52.0 Å².